The Morgan fingerprint density at radius 2 is 1.82 bits per heavy atom. The number of benzene rings is 3. The van der Waals surface area contributed by atoms with Crippen LogP contribution >= 0.6 is 0 Å². The van der Waals surface area contributed by atoms with E-state index >= 15 is 0 Å². The quantitative estimate of drug-likeness (QED) is 0.262. The summed E-state index contributed by atoms with van der Waals surface area (Å²) in [6, 6.07) is 18.3. The van der Waals surface area contributed by atoms with Gasteiger partial charge in [0.15, 0.2) is 0 Å². The van der Waals surface area contributed by atoms with E-state index in [0.717, 1.165) is 33.6 Å². The SMILES string of the molecule is COC(=O)CCC1CN(S(=O)(=O)c2cccc(C(F)(F)F)c2)c2cc(/C=C(\C)c3ccccc3)ccc2O1. The van der Waals surface area contributed by atoms with Crippen molar-refractivity contribution >= 4 is 33.3 Å². The van der Waals surface area contributed by atoms with Crippen LogP contribution in [0.15, 0.2) is 77.7 Å². The first-order valence-electron chi connectivity index (χ1n) is 11.8. The smallest absolute Gasteiger partial charge is 0.416 e. The number of alkyl halides is 3. The van der Waals surface area contributed by atoms with E-state index in [1.807, 2.05) is 43.3 Å². The minimum Gasteiger partial charge on any atom is -0.486 e. The number of hydrogen-bond acceptors (Lipinski definition) is 5. The molecule has 4 rings (SSSR count). The van der Waals surface area contributed by atoms with Crippen molar-refractivity contribution in [2.24, 2.45) is 0 Å². The first-order chi connectivity index (χ1) is 18.0. The van der Waals surface area contributed by atoms with Gasteiger partial charge >= 0.3 is 12.1 Å². The molecule has 3 aromatic carbocycles. The van der Waals surface area contributed by atoms with Gasteiger partial charge in [-0.1, -0.05) is 48.5 Å². The number of carbonyl (C=O) groups is 1. The van der Waals surface area contributed by atoms with E-state index < -0.39 is 38.7 Å². The van der Waals surface area contributed by atoms with Crippen LogP contribution < -0.4 is 9.04 Å². The van der Waals surface area contributed by atoms with Crippen LogP contribution in [0.5, 0.6) is 5.75 Å². The Hall–Kier alpha value is -3.79. The van der Waals surface area contributed by atoms with E-state index in [1.165, 1.54) is 7.11 Å². The van der Waals surface area contributed by atoms with E-state index in [4.69, 9.17) is 4.74 Å². The fourth-order valence-corrected chi connectivity index (χ4v) is 5.72. The maximum atomic E-state index is 13.7. The van der Waals surface area contributed by atoms with Crippen LogP contribution in [0.1, 0.15) is 36.5 Å². The highest BCUT2D eigenvalue weighted by atomic mass is 32.2. The van der Waals surface area contributed by atoms with Gasteiger partial charge in [0.25, 0.3) is 10.0 Å². The lowest BCUT2D eigenvalue weighted by atomic mass is 10.0. The molecule has 1 aliphatic rings. The van der Waals surface area contributed by atoms with Crippen LogP contribution in [0.2, 0.25) is 0 Å². The zero-order valence-electron chi connectivity index (χ0n) is 20.7. The summed E-state index contributed by atoms with van der Waals surface area (Å²) in [5.41, 5.74) is 1.74. The Morgan fingerprint density at radius 3 is 2.50 bits per heavy atom. The van der Waals surface area contributed by atoms with Crippen LogP contribution in [0.3, 0.4) is 0 Å². The second-order valence-electron chi connectivity index (χ2n) is 8.84. The van der Waals surface area contributed by atoms with Crippen molar-refractivity contribution < 1.29 is 35.9 Å². The van der Waals surface area contributed by atoms with Crippen molar-refractivity contribution in [2.75, 3.05) is 18.0 Å². The first kappa shape index (κ1) is 27.3. The summed E-state index contributed by atoms with van der Waals surface area (Å²) in [6.07, 6.45) is -3.38. The highest BCUT2D eigenvalue weighted by Gasteiger charge is 2.37. The summed E-state index contributed by atoms with van der Waals surface area (Å²) in [5, 5.41) is 0. The third-order valence-electron chi connectivity index (χ3n) is 6.17. The van der Waals surface area contributed by atoms with Crippen LogP contribution in [0, 0.1) is 0 Å². The number of hydrogen-bond donors (Lipinski definition) is 0. The summed E-state index contributed by atoms with van der Waals surface area (Å²) in [5.74, 6) is -0.236. The van der Waals surface area contributed by atoms with Gasteiger partial charge in [0.1, 0.15) is 11.9 Å². The molecule has 0 radical (unpaired) electrons. The number of fused-ring (bicyclic) bond motifs is 1. The van der Waals surface area contributed by atoms with E-state index in [0.29, 0.717) is 11.6 Å². The molecule has 0 saturated carbocycles. The molecule has 0 saturated heterocycles. The molecule has 0 amide bonds. The molecule has 0 aromatic heterocycles. The number of ether oxygens (including phenoxy) is 2. The molecule has 0 spiro atoms. The van der Waals surface area contributed by atoms with Gasteiger partial charge in [-0.05, 0) is 60.4 Å². The molecule has 3 aromatic rings. The molecular formula is C28H26F3NO5S. The molecule has 0 N–H and O–H groups in total. The number of rotatable bonds is 7. The molecule has 10 heteroatoms. The fraction of sp³-hybridized carbons (Fsp3) is 0.250. The number of carbonyl (C=O) groups excluding carboxylic acids is 1. The van der Waals surface area contributed by atoms with Gasteiger partial charge in [-0.15, -0.1) is 0 Å². The molecule has 0 bridgehead atoms. The van der Waals surface area contributed by atoms with Crippen LogP contribution in [0.25, 0.3) is 11.6 Å². The van der Waals surface area contributed by atoms with Crippen molar-refractivity contribution in [1.82, 2.24) is 0 Å². The summed E-state index contributed by atoms with van der Waals surface area (Å²) < 4.78 is 79.2. The molecule has 1 aliphatic heterocycles. The summed E-state index contributed by atoms with van der Waals surface area (Å²) in [7, 11) is -3.17. The zero-order chi connectivity index (χ0) is 27.5. The number of esters is 1. The Balaban J connectivity index is 1.76. The molecule has 38 heavy (non-hydrogen) atoms. The highest BCUT2D eigenvalue weighted by Crippen LogP contribution is 2.40. The highest BCUT2D eigenvalue weighted by molar-refractivity contribution is 7.92. The average Bonchev–Trinajstić information content (AvgIpc) is 2.91. The maximum Gasteiger partial charge on any atom is 0.416 e. The number of allylic oxidation sites excluding steroid dienone is 1. The minimum absolute atomic E-state index is 0.00889. The van der Waals surface area contributed by atoms with Gasteiger partial charge in [-0.2, -0.15) is 13.2 Å². The molecule has 200 valence electrons. The van der Waals surface area contributed by atoms with E-state index in [2.05, 4.69) is 4.74 Å². The Bertz CT molecular complexity index is 1450. The summed E-state index contributed by atoms with van der Waals surface area (Å²) in [4.78, 5) is 11.2. The fourth-order valence-electron chi connectivity index (χ4n) is 4.17. The monoisotopic (exact) mass is 545 g/mol. The maximum absolute atomic E-state index is 13.7. The second-order valence-corrected chi connectivity index (χ2v) is 10.7. The molecule has 1 heterocycles. The lowest BCUT2D eigenvalue weighted by molar-refractivity contribution is -0.141. The zero-order valence-corrected chi connectivity index (χ0v) is 21.6. The van der Waals surface area contributed by atoms with Crippen molar-refractivity contribution in [3.63, 3.8) is 0 Å². The predicted molar refractivity (Wildman–Crippen MR) is 138 cm³/mol. The largest absolute Gasteiger partial charge is 0.486 e. The van der Waals surface area contributed by atoms with Gasteiger partial charge in [-0.25, -0.2) is 8.42 Å². The predicted octanol–water partition coefficient (Wildman–Crippen LogP) is 6.18. The summed E-state index contributed by atoms with van der Waals surface area (Å²) >= 11 is 0. The standard InChI is InChI=1S/C28H26F3NO5S/c1-19(21-7-4-3-5-8-21)15-20-11-13-26-25(16-20)32(18-23(37-26)12-14-27(33)36-2)38(34,35)24-10-6-9-22(17-24)28(29,30)31/h3-11,13,15-17,23H,12,14,18H2,1-2H3/b19-15+. The van der Waals surface area contributed by atoms with E-state index in [1.54, 1.807) is 18.2 Å². The van der Waals surface area contributed by atoms with Gasteiger partial charge in [-0.3, -0.25) is 9.10 Å². The number of halogens is 3. The average molecular weight is 546 g/mol. The van der Waals surface area contributed by atoms with E-state index in [9.17, 15) is 26.4 Å². The van der Waals surface area contributed by atoms with Gasteiger partial charge < -0.3 is 9.47 Å². The second kappa shape index (κ2) is 10.9. The van der Waals surface area contributed by atoms with Gasteiger partial charge in [0.05, 0.1) is 29.8 Å². The van der Waals surface area contributed by atoms with Crippen LogP contribution in [-0.4, -0.2) is 34.1 Å². The Labute approximate surface area is 219 Å². The van der Waals surface area contributed by atoms with Crippen LogP contribution in [0.4, 0.5) is 18.9 Å². The topological polar surface area (TPSA) is 72.9 Å². The number of sulfonamides is 1. The number of methoxy groups -OCH3 is 1. The molecule has 0 aliphatic carbocycles. The molecule has 6 nitrogen and oxygen atoms in total. The molecule has 1 unspecified atom stereocenters. The first-order valence-corrected chi connectivity index (χ1v) is 13.2. The minimum atomic E-state index is -4.70. The lowest BCUT2D eigenvalue weighted by Crippen LogP contribution is -2.43. The van der Waals surface area contributed by atoms with Gasteiger partial charge in [0.2, 0.25) is 0 Å². The van der Waals surface area contributed by atoms with Crippen molar-refractivity contribution in [3.05, 3.63) is 89.5 Å². The molecule has 1 atom stereocenters. The molecular weight excluding hydrogens is 519 g/mol. The van der Waals surface area contributed by atoms with E-state index in [-0.39, 0.29) is 30.8 Å². The van der Waals surface area contributed by atoms with Crippen molar-refractivity contribution in [1.29, 1.82) is 0 Å². The number of nitrogens with zero attached hydrogens (tertiary/aromatic N) is 1. The van der Waals surface area contributed by atoms with Crippen molar-refractivity contribution in [3.8, 4) is 5.75 Å². The number of anilines is 1. The Morgan fingerprint density at radius 1 is 1.08 bits per heavy atom. The van der Waals surface area contributed by atoms with Crippen molar-refractivity contribution in [2.45, 2.75) is 36.9 Å². The third kappa shape index (κ3) is 6.02. The van der Waals surface area contributed by atoms with Crippen LogP contribution in [-0.2, 0) is 25.7 Å². The lowest BCUT2D eigenvalue weighted by Gasteiger charge is -2.35. The Kier molecular flexibility index (Phi) is 7.82. The molecule has 0 fully saturated rings. The van der Waals surface area contributed by atoms with Gasteiger partial charge in [0, 0.05) is 6.42 Å². The summed E-state index contributed by atoms with van der Waals surface area (Å²) in [6.45, 7) is 1.73. The third-order valence-corrected chi connectivity index (χ3v) is 7.95. The normalized spacial score (nSPS) is 16.0.